The fraction of sp³-hybridized carbons (Fsp3) is 0.200. The Hall–Kier alpha value is -2.63. The molecule has 110 valence electrons. The number of nitrogen functional groups attached to an aromatic ring is 1. The summed E-state index contributed by atoms with van der Waals surface area (Å²) in [4.78, 5) is 17.5. The molecule has 6 heteroatoms. The van der Waals surface area contributed by atoms with Crippen LogP contribution in [0.25, 0.3) is 0 Å². The maximum atomic E-state index is 12.7. The number of benzene rings is 1. The number of nitrogens with two attached hydrogens (primary N) is 1. The van der Waals surface area contributed by atoms with Gasteiger partial charge >= 0.3 is 0 Å². The Balaban J connectivity index is 1.83. The van der Waals surface area contributed by atoms with Crippen LogP contribution in [0.4, 0.5) is 10.1 Å². The van der Waals surface area contributed by atoms with Crippen molar-refractivity contribution < 1.29 is 13.9 Å². The number of ether oxygens (including phenoxy) is 1. The van der Waals surface area contributed by atoms with Gasteiger partial charge in [0, 0.05) is 7.05 Å². The van der Waals surface area contributed by atoms with Crippen LogP contribution in [0.1, 0.15) is 10.5 Å². The minimum absolute atomic E-state index is 0.210. The molecule has 0 spiro atoms. The van der Waals surface area contributed by atoms with Crippen LogP contribution in [0.3, 0.4) is 0 Å². The van der Waals surface area contributed by atoms with Crippen LogP contribution in [-0.2, 0) is 0 Å². The van der Waals surface area contributed by atoms with Crippen molar-refractivity contribution in [3.63, 3.8) is 0 Å². The number of rotatable bonds is 5. The molecule has 0 saturated carbocycles. The summed E-state index contributed by atoms with van der Waals surface area (Å²) in [5.74, 6) is 0.0321. The van der Waals surface area contributed by atoms with Gasteiger partial charge in [0.2, 0.25) is 0 Å². The van der Waals surface area contributed by atoms with Gasteiger partial charge in [0.25, 0.3) is 5.91 Å². The summed E-state index contributed by atoms with van der Waals surface area (Å²) in [5, 5.41) is 0. The van der Waals surface area contributed by atoms with Crippen molar-refractivity contribution in [2.24, 2.45) is 0 Å². The molecule has 1 amide bonds. The van der Waals surface area contributed by atoms with Gasteiger partial charge < -0.3 is 15.4 Å². The summed E-state index contributed by atoms with van der Waals surface area (Å²) in [6.45, 7) is 0.700. The van der Waals surface area contributed by atoms with Gasteiger partial charge in [0.15, 0.2) is 0 Å². The second-order valence-corrected chi connectivity index (χ2v) is 4.51. The summed E-state index contributed by atoms with van der Waals surface area (Å²) >= 11 is 0. The molecule has 0 fully saturated rings. The maximum Gasteiger partial charge on any atom is 0.272 e. The van der Waals surface area contributed by atoms with E-state index in [1.54, 1.807) is 31.3 Å². The first-order valence-corrected chi connectivity index (χ1v) is 6.41. The highest BCUT2D eigenvalue weighted by molar-refractivity contribution is 5.92. The van der Waals surface area contributed by atoms with E-state index < -0.39 is 0 Å². The van der Waals surface area contributed by atoms with E-state index >= 15 is 0 Å². The summed E-state index contributed by atoms with van der Waals surface area (Å²) in [6, 6.07) is 8.93. The number of halogens is 1. The molecule has 1 heterocycles. The third kappa shape index (κ3) is 4.17. The average Bonchev–Trinajstić information content (AvgIpc) is 2.49. The van der Waals surface area contributed by atoms with E-state index in [2.05, 4.69) is 4.98 Å². The minimum atomic E-state index is -0.316. The Kier molecular flexibility index (Phi) is 4.71. The largest absolute Gasteiger partial charge is 0.492 e. The van der Waals surface area contributed by atoms with Crippen molar-refractivity contribution in [1.29, 1.82) is 0 Å². The zero-order valence-electron chi connectivity index (χ0n) is 11.6. The zero-order valence-corrected chi connectivity index (χ0v) is 11.6. The Morgan fingerprint density at radius 1 is 1.29 bits per heavy atom. The van der Waals surface area contributed by atoms with Gasteiger partial charge in [-0.25, -0.2) is 9.37 Å². The number of hydrogen-bond donors (Lipinski definition) is 1. The topological polar surface area (TPSA) is 68.5 Å². The molecule has 1 aromatic heterocycles. The Morgan fingerprint density at radius 2 is 2.00 bits per heavy atom. The van der Waals surface area contributed by atoms with Crippen molar-refractivity contribution in [3.8, 4) is 5.75 Å². The minimum Gasteiger partial charge on any atom is -0.492 e. The van der Waals surface area contributed by atoms with E-state index in [9.17, 15) is 9.18 Å². The number of anilines is 1. The first kappa shape index (κ1) is 14.8. The number of nitrogens with zero attached hydrogens (tertiary/aromatic N) is 2. The van der Waals surface area contributed by atoms with Gasteiger partial charge in [-0.15, -0.1) is 0 Å². The molecule has 0 unspecified atom stereocenters. The standard InChI is InChI=1S/C15H16FN3O2/c1-19(15(20)14-7-4-12(17)10-18-14)8-9-21-13-5-2-11(16)3-6-13/h2-7,10H,8-9,17H2,1H3. The summed E-state index contributed by atoms with van der Waals surface area (Å²) < 4.78 is 18.2. The normalized spacial score (nSPS) is 10.2. The third-order valence-corrected chi connectivity index (χ3v) is 2.86. The van der Waals surface area contributed by atoms with Crippen LogP contribution >= 0.6 is 0 Å². The Labute approximate surface area is 122 Å². The van der Waals surface area contributed by atoms with Gasteiger partial charge in [-0.2, -0.15) is 0 Å². The van der Waals surface area contributed by atoms with Crippen LogP contribution < -0.4 is 10.5 Å². The predicted octanol–water partition coefficient (Wildman–Crippen LogP) is 1.95. The van der Waals surface area contributed by atoms with Crippen LogP contribution in [0.5, 0.6) is 5.75 Å². The number of likely N-dealkylation sites (N-methyl/N-ethyl adjacent to an activating group) is 1. The number of pyridine rings is 1. The number of amides is 1. The monoisotopic (exact) mass is 289 g/mol. The molecule has 0 aliphatic heterocycles. The Bertz CT molecular complexity index is 599. The maximum absolute atomic E-state index is 12.7. The second-order valence-electron chi connectivity index (χ2n) is 4.51. The molecule has 1 aromatic carbocycles. The van der Waals surface area contributed by atoms with Crippen molar-refractivity contribution >= 4 is 11.6 Å². The van der Waals surface area contributed by atoms with Crippen LogP contribution in [-0.4, -0.2) is 36.0 Å². The van der Waals surface area contributed by atoms with Gasteiger partial charge in [-0.1, -0.05) is 0 Å². The highest BCUT2D eigenvalue weighted by atomic mass is 19.1. The van der Waals surface area contributed by atoms with E-state index in [1.165, 1.54) is 23.2 Å². The molecule has 0 radical (unpaired) electrons. The molecule has 0 aliphatic carbocycles. The summed E-state index contributed by atoms with van der Waals surface area (Å²) in [7, 11) is 1.66. The van der Waals surface area contributed by atoms with Gasteiger partial charge in [-0.3, -0.25) is 4.79 Å². The van der Waals surface area contributed by atoms with Crippen LogP contribution in [0, 0.1) is 5.82 Å². The first-order valence-electron chi connectivity index (χ1n) is 6.41. The molecule has 2 N–H and O–H groups in total. The summed E-state index contributed by atoms with van der Waals surface area (Å²) in [6.07, 6.45) is 1.44. The SMILES string of the molecule is CN(CCOc1ccc(F)cc1)C(=O)c1ccc(N)cn1. The fourth-order valence-electron chi connectivity index (χ4n) is 1.66. The number of carbonyl (C=O) groups is 1. The molecule has 0 aliphatic rings. The van der Waals surface area contributed by atoms with E-state index in [0.29, 0.717) is 30.3 Å². The van der Waals surface area contributed by atoms with E-state index in [1.807, 2.05) is 0 Å². The zero-order chi connectivity index (χ0) is 15.2. The molecule has 2 aromatic rings. The third-order valence-electron chi connectivity index (χ3n) is 2.86. The smallest absolute Gasteiger partial charge is 0.272 e. The lowest BCUT2D eigenvalue weighted by molar-refractivity contribution is 0.0768. The van der Waals surface area contributed by atoms with Gasteiger partial charge in [0.1, 0.15) is 23.9 Å². The molecule has 0 saturated heterocycles. The van der Waals surface area contributed by atoms with Crippen molar-refractivity contribution in [1.82, 2.24) is 9.88 Å². The van der Waals surface area contributed by atoms with Gasteiger partial charge in [0.05, 0.1) is 18.4 Å². The number of hydrogen-bond acceptors (Lipinski definition) is 4. The van der Waals surface area contributed by atoms with Crippen molar-refractivity contribution in [3.05, 3.63) is 54.1 Å². The molecule has 21 heavy (non-hydrogen) atoms. The van der Waals surface area contributed by atoms with Crippen LogP contribution in [0.2, 0.25) is 0 Å². The lowest BCUT2D eigenvalue weighted by atomic mass is 10.3. The number of aromatic nitrogens is 1. The average molecular weight is 289 g/mol. The molecular formula is C15H16FN3O2. The first-order chi connectivity index (χ1) is 10.1. The number of carbonyl (C=O) groups excluding carboxylic acids is 1. The molecule has 0 atom stereocenters. The lowest BCUT2D eigenvalue weighted by Gasteiger charge is -2.17. The summed E-state index contributed by atoms with van der Waals surface area (Å²) in [5.41, 5.74) is 6.36. The van der Waals surface area contributed by atoms with Crippen molar-refractivity contribution in [2.45, 2.75) is 0 Å². The van der Waals surface area contributed by atoms with E-state index in [4.69, 9.17) is 10.5 Å². The molecule has 5 nitrogen and oxygen atoms in total. The van der Waals surface area contributed by atoms with E-state index in [-0.39, 0.29) is 11.7 Å². The second kappa shape index (κ2) is 6.69. The Morgan fingerprint density at radius 3 is 2.62 bits per heavy atom. The molecule has 2 rings (SSSR count). The van der Waals surface area contributed by atoms with Gasteiger partial charge in [-0.05, 0) is 36.4 Å². The van der Waals surface area contributed by atoms with Crippen molar-refractivity contribution in [2.75, 3.05) is 25.9 Å². The highest BCUT2D eigenvalue weighted by Crippen LogP contribution is 2.11. The quantitative estimate of drug-likeness (QED) is 0.913. The molecular weight excluding hydrogens is 273 g/mol. The fourth-order valence-corrected chi connectivity index (χ4v) is 1.66. The van der Waals surface area contributed by atoms with Crippen LogP contribution in [0.15, 0.2) is 42.6 Å². The lowest BCUT2D eigenvalue weighted by Crippen LogP contribution is -2.31. The highest BCUT2D eigenvalue weighted by Gasteiger charge is 2.12. The van der Waals surface area contributed by atoms with E-state index in [0.717, 1.165) is 0 Å². The molecule has 0 bridgehead atoms. The predicted molar refractivity (Wildman–Crippen MR) is 77.5 cm³/mol.